The minimum atomic E-state index is -0.111. The van der Waals surface area contributed by atoms with Gasteiger partial charge < -0.3 is 15.0 Å². The topological polar surface area (TPSA) is 44.8 Å². The summed E-state index contributed by atoms with van der Waals surface area (Å²) in [5, 5.41) is 3.35. The van der Waals surface area contributed by atoms with E-state index in [2.05, 4.69) is 29.2 Å². The second-order valence-electron chi connectivity index (χ2n) is 7.26. The van der Waals surface area contributed by atoms with E-state index in [-0.39, 0.29) is 17.9 Å². The molecule has 3 rings (SSSR count). The molecule has 5 nitrogen and oxygen atoms in total. The first-order chi connectivity index (χ1) is 11.5. The Bertz CT molecular complexity index is 596. The van der Waals surface area contributed by atoms with Crippen LogP contribution in [0.15, 0.2) is 18.2 Å². The van der Waals surface area contributed by atoms with Gasteiger partial charge >= 0.3 is 0 Å². The van der Waals surface area contributed by atoms with E-state index in [1.165, 1.54) is 0 Å². The Morgan fingerprint density at radius 3 is 2.79 bits per heavy atom. The number of piperidine rings is 1. The highest BCUT2D eigenvalue weighted by Crippen LogP contribution is 2.30. The van der Waals surface area contributed by atoms with Gasteiger partial charge in [-0.25, -0.2) is 0 Å². The first-order valence-corrected chi connectivity index (χ1v) is 8.95. The summed E-state index contributed by atoms with van der Waals surface area (Å²) in [4.78, 5) is 17.5. The van der Waals surface area contributed by atoms with Crippen molar-refractivity contribution in [3.63, 3.8) is 0 Å². The molecule has 0 radical (unpaired) electrons. The zero-order chi connectivity index (χ0) is 17.3. The molecule has 1 aromatic carbocycles. The fraction of sp³-hybridized carbons (Fsp3) is 0.632. The molecule has 5 heteroatoms. The Morgan fingerprint density at radius 2 is 2.08 bits per heavy atom. The van der Waals surface area contributed by atoms with Crippen molar-refractivity contribution in [2.24, 2.45) is 0 Å². The van der Waals surface area contributed by atoms with E-state index in [1.807, 2.05) is 32.0 Å². The number of ketones is 1. The average molecular weight is 331 g/mol. The van der Waals surface area contributed by atoms with E-state index in [0.717, 1.165) is 49.5 Å². The van der Waals surface area contributed by atoms with Gasteiger partial charge in [-0.2, -0.15) is 0 Å². The molecule has 0 bridgehead atoms. The largest absolute Gasteiger partial charge is 0.487 e. The highest BCUT2D eigenvalue weighted by molar-refractivity contribution is 6.01. The Hall–Kier alpha value is -1.59. The number of carbonyl (C=O) groups excluding carboxylic acids is 1. The zero-order valence-corrected chi connectivity index (χ0v) is 15.2. The summed E-state index contributed by atoms with van der Waals surface area (Å²) in [5.41, 5.74) is 1.68. The normalized spacial score (nSPS) is 23.3. The fourth-order valence-electron chi connectivity index (χ4n) is 3.58. The summed E-state index contributed by atoms with van der Waals surface area (Å²) in [6, 6.07) is 6.11. The molecule has 1 saturated heterocycles. The van der Waals surface area contributed by atoms with Crippen molar-refractivity contribution in [3.05, 3.63) is 23.8 Å². The minimum Gasteiger partial charge on any atom is -0.487 e. The maximum absolute atomic E-state index is 12.9. The predicted octanol–water partition coefficient (Wildman–Crippen LogP) is 2.48. The van der Waals surface area contributed by atoms with Gasteiger partial charge in [-0.3, -0.25) is 9.69 Å². The van der Waals surface area contributed by atoms with Crippen LogP contribution in [0.4, 0.5) is 5.69 Å². The number of carbonyl (C=O) groups is 1. The first kappa shape index (κ1) is 17.2. The molecule has 2 heterocycles. The smallest absolute Gasteiger partial charge is 0.179 e. The number of hydrogen-bond donors (Lipinski definition) is 1. The number of ether oxygens (including phenoxy) is 1. The third-order valence-electron chi connectivity index (χ3n) is 5.43. The first-order valence-electron chi connectivity index (χ1n) is 8.95. The van der Waals surface area contributed by atoms with Crippen LogP contribution in [0.1, 0.15) is 37.0 Å². The van der Waals surface area contributed by atoms with Gasteiger partial charge in [-0.15, -0.1) is 0 Å². The summed E-state index contributed by atoms with van der Waals surface area (Å²) in [5.74, 6) is 1.02. The average Bonchev–Trinajstić information content (AvgIpc) is 2.60. The van der Waals surface area contributed by atoms with Crippen LogP contribution in [-0.4, -0.2) is 67.5 Å². The van der Waals surface area contributed by atoms with Crippen LogP contribution in [0, 0.1) is 0 Å². The van der Waals surface area contributed by atoms with Crippen LogP contribution in [-0.2, 0) is 0 Å². The molecule has 0 saturated carbocycles. The lowest BCUT2D eigenvalue weighted by atomic mass is 9.98. The molecule has 1 N–H and O–H groups in total. The van der Waals surface area contributed by atoms with E-state index < -0.39 is 0 Å². The molecule has 1 aromatic rings. The van der Waals surface area contributed by atoms with Gasteiger partial charge in [-0.1, -0.05) is 0 Å². The molecular weight excluding hydrogens is 302 g/mol. The van der Waals surface area contributed by atoms with Gasteiger partial charge in [0.05, 0.1) is 18.3 Å². The number of hydrogen-bond acceptors (Lipinski definition) is 5. The van der Waals surface area contributed by atoms with Crippen LogP contribution < -0.4 is 10.1 Å². The zero-order valence-electron chi connectivity index (χ0n) is 15.2. The molecule has 0 aliphatic carbocycles. The Labute approximate surface area is 145 Å². The predicted molar refractivity (Wildman–Crippen MR) is 97.1 cm³/mol. The summed E-state index contributed by atoms with van der Waals surface area (Å²) < 4.78 is 5.79. The van der Waals surface area contributed by atoms with Crippen molar-refractivity contribution in [2.45, 2.75) is 44.9 Å². The van der Waals surface area contributed by atoms with E-state index in [0.29, 0.717) is 6.04 Å². The van der Waals surface area contributed by atoms with Crippen molar-refractivity contribution in [2.75, 3.05) is 39.0 Å². The summed E-state index contributed by atoms with van der Waals surface area (Å²) >= 11 is 0. The maximum Gasteiger partial charge on any atom is 0.179 e. The number of fused-ring (bicyclic) bond motifs is 1. The lowest BCUT2D eigenvalue weighted by molar-refractivity contribution is 0.0731. The van der Waals surface area contributed by atoms with Gasteiger partial charge in [0.25, 0.3) is 0 Å². The number of likely N-dealkylation sites (tertiary alicyclic amines) is 1. The molecule has 2 aliphatic heterocycles. The van der Waals surface area contributed by atoms with Crippen LogP contribution in [0.2, 0.25) is 0 Å². The molecule has 0 aromatic heterocycles. The maximum atomic E-state index is 12.9. The lowest BCUT2D eigenvalue weighted by Crippen LogP contribution is -2.48. The highest BCUT2D eigenvalue weighted by atomic mass is 16.5. The summed E-state index contributed by atoms with van der Waals surface area (Å²) in [6.45, 7) is 7.04. The van der Waals surface area contributed by atoms with Crippen LogP contribution >= 0.6 is 0 Å². The van der Waals surface area contributed by atoms with Crippen LogP contribution in [0.5, 0.6) is 5.75 Å². The number of Topliss-reactive ketones (excluding diaryl/α,β-unsaturated/α-hetero) is 1. The van der Waals surface area contributed by atoms with Crippen LogP contribution in [0.25, 0.3) is 0 Å². The van der Waals surface area contributed by atoms with E-state index in [4.69, 9.17) is 4.74 Å². The second kappa shape index (κ2) is 7.11. The lowest BCUT2D eigenvalue weighted by Gasteiger charge is -2.37. The summed E-state index contributed by atoms with van der Waals surface area (Å²) in [7, 11) is 4.24. The number of anilines is 1. The van der Waals surface area contributed by atoms with Crippen molar-refractivity contribution < 1.29 is 9.53 Å². The standard InChI is InChI=1S/C19H29N3O2/c1-13-12-20-17-11-15(5-6-18(17)24-13)19(23)14(2)22(4)16-7-9-21(3)10-8-16/h5-6,11,13-14,16,20H,7-10,12H2,1-4H3. The number of rotatable bonds is 4. The molecule has 0 amide bonds. The van der Waals surface area contributed by atoms with Gasteiger partial charge in [0.2, 0.25) is 0 Å². The molecule has 2 atom stereocenters. The second-order valence-corrected chi connectivity index (χ2v) is 7.26. The monoisotopic (exact) mass is 331 g/mol. The van der Waals surface area contributed by atoms with E-state index in [1.54, 1.807) is 0 Å². The van der Waals surface area contributed by atoms with Gasteiger partial charge in [0, 0.05) is 11.6 Å². The molecule has 0 spiro atoms. The Kier molecular flexibility index (Phi) is 5.11. The SMILES string of the molecule is CC1CNc2cc(C(=O)C(C)N(C)C3CCN(C)CC3)ccc2O1. The van der Waals surface area contributed by atoms with Gasteiger partial charge in [0.1, 0.15) is 11.9 Å². The molecule has 2 unspecified atom stereocenters. The molecule has 2 aliphatic rings. The quantitative estimate of drug-likeness (QED) is 0.859. The fourth-order valence-corrected chi connectivity index (χ4v) is 3.58. The van der Waals surface area contributed by atoms with Gasteiger partial charge in [0.15, 0.2) is 5.78 Å². The van der Waals surface area contributed by atoms with Crippen LogP contribution in [0.3, 0.4) is 0 Å². The third-order valence-corrected chi connectivity index (χ3v) is 5.43. The molecule has 24 heavy (non-hydrogen) atoms. The Balaban J connectivity index is 1.69. The van der Waals surface area contributed by atoms with Crippen molar-refractivity contribution >= 4 is 11.5 Å². The number of likely N-dealkylation sites (N-methyl/N-ethyl adjacent to an activating group) is 1. The van der Waals surface area contributed by atoms with Gasteiger partial charge in [-0.05, 0) is 72.1 Å². The van der Waals surface area contributed by atoms with Crippen molar-refractivity contribution in [1.82, 2.24) is 9.80 Å². The molecule has 132 valence electrons. The number of nitrogens with one attached hydrogen (secondary N) is 1. The minimum absolute atomic E-state index is 0.111. The van der Waals surface area contributed by atoms with E-state index in [9.17, 15) is 4.79 Å². The molecular formula is C19H29N3O2. The number of nitrogens with zero attached hydrogens (tertiary/aromatic N) is 2. The molecule has 1 fully saturated rings. The van der Waals surface area contributed by atoms with Crippen molar-refractivity contribution in [3.8, 4) is 5.75 Å². The number of benzene rings is 1. The Morgan fingerprint density at radius 1 is 1.38 bits per heavy atom. The third kappa shape index (κ3) is 3.57. The van der Waals surface area contributed by atoms with Crippen molar-refractivity contribution in [1.29, 1.82) is 0 Å². The highest BCUT2D eigenvalue weighted by Gasteiger charge is 2.28. The summed E-state index contributed by atoms with van der Waals surface area (Å²) in [6.07, 6.45) is 2.41. The van der Waals surface area contributed by atoms with E-state index >= 15 is 0 Å².